The van der Waals surface area contributed by atoms with Crippen molar-refractivity contribution in [2.45, 2.75) is 20.3 Å². The molecular weight excluding hydrogens is 384 g/mol. The lowest BCUT2D eigenvalue weighted by molar-refractivity contribution is 0.962. The second kappa shape index (κ2) is 7.04. The molecule has 0 radical (unpaired) electrons. The smallest absolute Gasteiger partial charge is 0.150 e. The van der Waals surface area contributed by atoms with Crippen molar-refractivity contribution in [3.8, 4) is 0 Å². The van der Waals surface area contributed by atoms with Crippen molar-refractivity contribution >= 4 is 49.2 Å². The Morgan fingerprint density at radius 2 is 1.90 bits per heavy atom. The van der Waals surface area contributed by atoms with Gasteiger partial charge in [-0.25, -0.2) is 9.97 Å². The van der Waals surface area contributed by atoms with Crippen molar-refractivity contribution in [2.24, 2.45) is 0 Å². The molecule has 2 aromatic rings. The zero-order valence-corrected chi connectivity index (χ0v) is 14.5. The van der Waals surface area contributed by atoms with Crippen molar-refractivity contribution in [3.63, 3.8) is 0 Å². The highest BCUT2D eigenvalue weighted by Gasteiger charge is 2.10. The highest BCUT2D eigenvalue weighted by atomic mass is 79.9. The second-order valence-corrected chi connectivity index (χ2v) is 6.07. The first-order valence-electron chi connectivity index (χ1n) is 6.39. The summed E-state index contributed by atoms with van der Waals surface area (Å²) in [5, 5.41) is 6.58. The molecule has 0 bridgehead atoms. The van der Waals surface area contributed by atoms with E-state index in [1.165, 1.54) is 5.56 Å². The summed E-state index contributed by atoms with van der Waals surface area (Å²) in [6.07, 6.45) is 2.59. The minimum absolute atomic E-state index is 0.741. The Morgan fingerprint density at radius 3 is 2.65 bits per heavy atom. The second-order valence-electron chi connectivity index (χ2n) is 4.42. The first-order chi connectivity index (χ1) is 9.61. The van der Waals surface area contributed by atoms with E-state index in [2.05, 4.69) is 78.4 Å². The highest BCUT2D eigenvalue weighted by molar-refractivity contribution is 9.11. The first-order valence-corrected chi connectivity index (χ1v) is 7.98. The number of aryl methyl sites for hydroxylation is 1. The maximum atomic E-state index is 4.28. The van der Waals surface area contributed by atoms with E-state index in [1.54, 1.807) is 6.33 Å². The predicted octanol–water partition coefficient (Wildman–Crippen LogP) is 4.88. The number of hydrogen-bond donors (Lipinski definition) is 2. The minimum Gasteiger partial charge on any atom is -0.369 e. The molecule has 2 N–H and O–H groups in total. The van der Waals surface area contributed by atoms with Gasteiger partial charge in [0.2, 0.25) is 0 Å². The van der Waals surface area contributed by atoms with Crippen LogP contribution >= 0.6 is 31.9 Å². The predicted molar refractivity (Wildman–Crippen MR) is 90.7 cm³/mol. The molecule has 6 heteroatoms. The summed E-state index contributed by atoms with van der Waals surface area (Å²) in [5.41, 5.74) is 2.16. The molecule has 0 spiro atoms. The summed E-state index contributed by atoms with van der Waals surface area (Å²) in [7, 11) is 0. The average molecular weight is 400 g/mol. The fraction of sp³-hybridized carbons (Fsp3) is 0.286. The van der Waals surface area contributed by atoms with Crippen molar-refractivity contribution < 1.29 is 0 Å². The molecule has 1 heterocycles. The molecule has 0 aliphatic rings. The van der Waals surface area contributed by atoms with Gasteiger partial charge >= 0.3 is 0 Å². The lowest BCUT2D eigenvalue weighted by atomic mass is 10.2. The maximum Gasteiger partial charge on any atom is 0.150 e. The molecule has 0 unspecified atom stereocenters. The van der Waals surface area contributed by atoms with Crippen LogP contribution in [0.15, 0.2) is 33.5 Å². The zero-order valence-electron chi connectivity index (χ0n) is 11.4. The van der Waals surface area contributed by atoms with E-state index < -0.39 is 0 Å². The summed E-state index contributed by atoms with van der Waals surface area (Å²) in [5.74, 6) is 1.54. The maximum absolute atomic E-state index is 4.28. The highest BCUT2D eigenvalue weighted by Crippen LogP contribution is 2.32. The molecule has 0 saturated heterocycles. The van der Waals surface area contributed by atoms with E-state index in [9.17, 15) is 0 Å². The number of hydrogen-bond acceptors (Lipinski definition) is 4. The van der Waals surface area contributed by atoms with Crippen LogP contribution in [0.1, 0.15) is 18.9 Å². The first kappa shape index (κ1) is 15.3. The normalized spacial score (nSPS) is 10.4. The monoisotopic (exact) mass is 398 g/mol. The molecule has 0 saturated carbocycles. The third-order valence-electron chi connectivity index (χ3n) is 2.71. The topological polar surface area (TPSA) is 49.8 Å². The van der Waals surface area contributed by atoms with Crippen LogP contribution < -0.4 is 10.6 Å². The van der Waals surface area contributed by atoms with E-state index in [4.69, 9.17) is 0 Å². The number of benzene rings is 1. The minimum atomic E-state index is 0.741. The SMILES string of the molecule is CCCNc1ncnc(Nc2cc(C)ccc2Br)c1Br. The van der Waals surface area contributed by atoms with Crippen molar-refractivity contribution in [2.75, 3.05) is 17.2 Å². The van der Waals surface area contributed by atoms with E-state index >= 15 is 0 Å². The fourth-order valence-corrected chi connectivity index (χ4v) is 2.48. The number of nitrogens with one attached hydrogen (secondary N) is 2. The van der Waals surface area contributed by atoms with E-state index in [-0.39, 0.29) is 0 Å². The van der Waals surface area contributed by atoms with Gasteiger partial charge in [-0.2, -0.15) is 0 Å². The molecule has 2 rings (SSSR count). The van der Waals surface area contributed by atoms with E-state index in [0.29, 0.717) is 0 Å². The van der Waals surface area contributed by atoms with Gasteiger partial charge in [0, 0.05) is 11.0 Å². The molecule has 0 fully saturated rings. The standard InChI is InChI=1S/C14H16Br2N4/c1-3-6-17-13-12(16)14(19-8-18-13)20-11-7-9(2)4-5-10(11)15/h4-5,7-8H,3,6H2,1-2H3,(H2,17,18,19,20). The van der Waals surface area contributed by atoms with Gasteiger partial charge < -0.3 is 10.6 Å². The molecule has 0 aliphatic carbocycles. The Bertz CT molecular complexity index is 602. The van der Waals surface area contributed by atoms with Gasteiger partial charge in [0.05, 0.1) is 5.69 Å². The van der Waals surface area contributed by atoms with Gasteiger partial charge in [-0.15, -0.1) is 0 Å². The van der Waals surface area contributed by atoms with Crippen LogP contribution in [0.2, 0.25) is 0 Å². The van der Waals surface area contributed by atoms with Gasteiger partial charge in [-0.05, 0) is 62.9 Å². The Kier molecular flexibility index (Phi) is 5.37. The van der Waals surface area contributed by atoms with Crippen LogP contribution in [-0.2, 0) is 0 Å². The largest absolute Gasteiger partial charge is 0.369 e. The van der Waals surface area contributed by atoms with Gasteiger partial charge in [0.1, 0.15) is 22.4 Å². The average Bonchev–Trinajstić information content (AvgIpc) is 2.44. The lowest BCUT2D eigenvalue weighted by Crippen LogP contribution is -2.05. The molecule has 1 aromatic heterocycles. The Labute approximate surface area is 135 Å². The Hall–Kier alpha value is -1.14. The molecule has 20 heavy (non-hydrogen) atoms. The third-order valence-corrected chi connectivity index (χ3v) is 4.15. The van der Waals surface area contributed by atoms with Crippen molar-refractivity contribution in [1.29, 1.82) is 0 Å². The van der Waals surface area contributed by atoms with Crippen LogP contribution in [0.5, 0.6) is 0 Å². The van der Waals surface area contributed by atoms with Crippen LogP contribution in [-0.4, -0.2) is 16.5 Å². The number of rotatable bonds is 5. The van der Waals surface area contributed by atoms with Crippen LogP contribution in [0, 0.1) is 6.92 Å². The number of aromatic nitrogens is 2. The fourth-order valence-electron chi connectivity index (χ4n) is 1.69. The molecule has 0 atom stereocenters. The van der Waals surface area contributed by atoms with Gasteiger partial charge in [0.15, 0.2) is 0 Å². The van der Waals surface area contributed by atoms with E-state index in [1.807, 2.05) is 6.07 Å². The Morgan fingerprint density at radius 1 is 1.15 bits per heavy atom. The quantitative estimate of drug-likeness (QED) is 0.752. The van der Waals surface area contributed by atoms with Crippen molar-refractivity contribution in [3.05, 3.63) is 39.0 Å². The van der Waals surface area contributed by atoms with Gasteiger partial charge in [0.25, 0.3) is 0 Å². The molecular formula is C14H16Br2N4. The van der Waals surface area contributed by atoms with Crippen LogP contribution in [0.3, 0.4) is 0 Å². The van der Waals surface area contributed by atoms with Crippen molar-refractivity contribution in [1.82, 2.24) is 9.97 Å². The van der Waals surface area contributed by atoms with Gasteiger partial charge in [-0.1, -0.05) is 13.0 Å². The Balaban J connectivity index is 2.27. The van der Waals surface area contributed by atoms with Crippen LogP contribution in [0.25, 0.3) is 0 Å². The van der Waals surface area contributed by atoms with Crippen LogP contribution in [0.4, 0.5) is 17.3 Å². The zero-order chi connectivity index (χ0) is 14.5. The summed E-state index contributed by atoms with van der Waals surface area (Å²) in [4.78, 5) is 8.52. The molecule has 0 aliphatic heterocycles. The summed E-state index contributed by atoms with van der Waals surface area (Å²) < 4.78 is 1.83. The molecule has 4 nitrogen and oxygen atoms in total. The molecule has 1 aromatic carbocycles. The summed E-state index contributed by atoms with van der Waals surface area (Å²) >= 11 is 7.08. The summed E-state index contributed by atoms with van der Waals surface area (Å²) in [6.45, 7) is 5.05. The number of anilines is 3. The third kappa shape index (κ3) is 3.70. The lowest BCUT2D eigenvalue weighted by Gasteiger charge is -2.12. The summed E-state index contributed by atoms with van der Waals surface area (Å²) in [6, 6.07) is 6.14. The van der Waals surface area contributed by atoms with E-state index in [0.717, 1.165) is 39.2 Å². The van der Waals surface area contributed by atoms with Gasteiger partial charge in [-0.3, -0.25) is 0 Å². The molecule has 106 valence electrons. The molecule has 0 amide bonds. The number of nitrogens with zero attached hydrogens (tertiary/aromatic N) is 2. The number of halogens is 2.